The smallest absolute Gasteiger partial charge is 0.156 e. The Bertz CT molecular complexity index is 317. The normalized spacial score (nSPS) is 29.9. The van der Waals surface area contributed by atoms with Gasteiger partial charge in [0.2, 0.25) is 0 Å². The number of ether oxygens (including phenoxy) is 1. The summed E-state index contributed by atoms with van der Waals surface area (Å²) in [7, 11) is 1.77. The van der Waals surface area contributed by atoms with E-state index in [9.17, 15) is 0 Å². The van der Waals surface area contributed by atoms with Gasteiger partial charge in [0, 0.05) is 32.1 Å². The van der Waals surface area contributed by atoms with Gasteiger partial charge in [-0.2, -0.15) is 0 Å². The number of fused-ring (bicyclic) bond motifs is 1. The van der Waals surface area contributed by atoms with Gasteiger partial charge in [0.15, 0.2) is 5.17 Å². The van der Waals surface area contributed by atoms with Gasteiger partial charge in [0.05, 0.1) is 0 Å². The van der Waals surface area contributed by atoms with Crippen LogP contribution in [0, 0.1) is 11.3 Å². The van der Waals surface area contributed by atoms with Crippen molar-refractivity contribution in [3.05, 3.63) is 0 Å². The van der Waals surface area contributed by atoms with E-state index in [4.69, 9.17) is 9.73 Å². The Hall–Kier alpha value is -0.220. The summed E-state index contributed by atoms with van der Waals surface area (Å²) in [4.78, 5) is 4.81. The molecule has 0 radical (unpaired) electrons. The molecule has 1 heterocycles. The Morgan fingerprint density at radius 1 is 1.37 bits per heavy atom. The zero-order valence-corrected chi connectivity index (χ0v) is 13.4. The third-order valence-electron chi connectivity index (χ3n) is 4.29. The molecule has 19 heavy (non-hydrogen) atoms. The van der Waals surface area contributed by atoms with Crippen LogP contribution < -0.4 is 5.32 Å². The third-order valence-corrected chi connectivity index (χ3v) is 5.40. The van der Waals surface area contributed by atoms with Crippen molar-refractivity contribution in [2.75, 3.05) is 26.0 Å². The first kappa shape index (κ1) is 15.2. The SMILES string of the molecule is COCCC(C)(C)CN=C1NC2CCCCC2CS1. The van der Waals surface area contributed by atoms with Crippen LogP contribution in [0.2, 0.25) is 0 Å². The Balaban J connectivity index is 1.83. The number of nitrogens with zero attached hydrogens (tertiary/aromatic N) is 1. The fraction of sp³-hybridized carbons (Fsp3) is 0.933. The van der Waals surface area contributed by atoms with E-state index in [-0.39, 0.29) is 5.41 Å². The van der Waals surface area contributed by atoms with Crippen LogP contribution in [0.25, 0.3) is 0 Å². The Morgan fingerprint density at radius 3 is 2.95 bits per heavy atom. The maximum atomic E-state index is 5.17. The molecule has 1 saturated carbocycles. The second-order valence-corrected chi connectivity index (χ2v) is 7.64. The number of amidine groups is 1. The highest BCUT2D eigenvalue weighted by atomic mass is 32.2. The van der Waals surface area contributed by atoms with Gasteiger partial charge in [-0.3, -0.25) is 4.99 Å². The predicted molar refractivity (Wildman–Crippen MR) is 83.9 cm³/mol. The van der Waals surface area contributed by atoms with Crippen molar-refractivity contribution in [3.63, 3.8) is 0 Å². The summed E-state index contributed by atoms with van der Waals surface area (Å²) in [5.74, 6) is 2.13. The Morgan fingerprint density at radius 2 is 2.16 bits per heavy atom. The molecule has 0 amide bonds. The van der Waals surface area contributed by atoms with Gasteiger partial charge in [-0.15, -0.1) is 0 Å². The largest absolute Gasteiger partial charge is 0.385 e. The lowest BCUT2D eigenvalue weighted by Gasteiger charge is -2.37. The molecule has 0 aromatic carbocycles. The third kappa shape index (κ3) is 4.67. The van der Waals surface area contributed by atoms with E-state index in [0.717, 1.165) is 25.5 Å². The molecule has 2 rings (SSSR count). The van der Waals surface area contributed by atoms with Crippen LogP contribution in [-0.2, 0) is 4.74 Å². The molecular formula is C15H28N2OS. The topological polar surface area (TPSA) is 33.6 Å². The van der Waals surface area contributed by atoms with Gasteiger partial charge >= 0.3 is 0 Å². The van der Waals surface area contributed by atoms with E-state index in [1.54, 1.807) is 7.11 Å². The highest BCUT2D eigenvalue weighted by molar-refractivity contribution is 8.13. The van der Waals surface area contributed by atoms with Crippen molar-refractivity contribution >= 4 is 16.9 Å². The molecule has 4 heteroatoms. The van der Waals surface area contributed by atoms with E-state index in [0.29, 0.717) is 6.04 Å². The molecule has 0 aromatic heterocycles. The second kappa shape index (κ2) is 6.98. The number of hydrogen-bond acceptors (Lipinski definition) is 3. The molecule has 1 saturated heterocycles. The number of thioether (sulfide) groups is 1. The highest BCUT2D eigenvalue weighted by Gasteiger charge is 2.30. The molecule has 2 aliphatic rings. The van der Waals surface area contributed by atoms with Crippen LogP contribution in [0.4, 0.5) is 0 Å². The molecule has 0 spiro atoms. The van der Waals surface area contributed by atoms with Gasteiger partial charge in [-0.1, -0.05) is 38.5 Å². The van der Waals surface area contributed by atoms with Crippen molar-refractivity contribution in [2.45, 2.75) is 52.0 Å². The van der Waals surface area contributed by atoms with Crippen LogP contribution in [-0.4, -0.2) is 37.2 Å². The molecule has 0 bridgehead atoms. The lowest BCUT2D eigenvalue weighted by Crippen LogP contribution is -2.46. The molecule has 1 aliphatic heterocycles. The van der Waals surface area contributed by atoms with E-state index in [1.807, 2.05) is 11.8 Å². The zero-order valence-electron chi connectivity index (χ0n) is 12.6. The van der Waals surface area contributed by atoms with E-state index in [1.165, 1.54) is 36.6 Å². The van der Waals surface area contributed by atoms with Crippen molar-refractivity contribution in [2.24, 2.45) is 16.3 Å². The summed E-state index contributed by atoms with van der Waals surface area (Å²) in [5, 5.41) is 4.84. The lowest BCUT2D eigenvalue weighted by molar-refractivity contribution is 0.155. The highest BCUT2D eigenvalue weighted by Crippen LogP contribution is 2.32. The summed E-state index contributed by atoms with van der Waals surface area (Å²) in [6, 6.07) is 0.691. The summed E-state index contributed by atoms with van der Waals surface area (Å²) in [6.07, 6.45) is 6.59. The van der Waals surface area contributed by atoms with Crippen molar-refractivity contribution < 1.29 is 4.74 Å². The van der Waals surface area contributed by atoms with Gasteiger partial charge in [0.25, 0.3) is 0 Å². The van der Waals surface area contributed by atoms with Crippen LogP contribution in [0.15, 0.2) is 4.99 Å². The summed E-state index contributed by atoms with van der Waals surface area (Å²) >= 11 is 1.92. The molecule has 2 atom stereocenters. The second-order valence-electron chi connectivity index (χ2n) is 6.63. The number of aliphatic imine (C=N–C) groups is 1. The monoisotopic (exact) mass is 284 g/mol. The van der Waals surface area contributed by atoms with Crippen molar-refractivity contribution in [3.8, 4) is 0 Å². The molecule has 0 aromatic rings. The number of methoxy groups -OCH3 is 1. The maximum absolute atomic E-state index is 5.17. The van der Waals surface area contributed by atoms with E-state index < -0.39 is 0 Å². The minimum absolute atomic E-state index is 0.231. The molecule has 2 unspecified atom stereocenters. The van der Waals surface area contributed by atoms with Crippen LogP contribution in [0.5, 0.6) is 0 Å². The summed E-state index contributed by atoms with van der Waals surface area (Å²) in [5.41, 5.74) is 0.231. The quantitative estimate of drug-likeness (QED) is 0.841. The first-order chi connectivity index (χ1) is 9.11. The van der Waals surface area contributed by atoms with Crippen LogP contribution in [0.3, 0.4) is 0 Å². The van der Waals surface area contributed by atoms with Crippen LogP contribution in [0.1, 0.15) is 46.0 Å². The van der Waals surface area contributed by atoms with Crippen molar-refractivity contribution in [1.29, 1.82) is 0 Å². The minimum atomic E-state index is 0.231. The standard InChI is InChI=1S/C15H28N2OS/c1-15(2,8-9-18-3)11-16-14-17-13-7-5-4-6-12(13)10-19-14/h12-13H,4-11H2,1-3H3,(H,16,17). The Kier molecular flexibility index (Phi) is 5.58. The molecule has 3 nitrogen and oxygen atoms in total. The number of rotatable bonds is 5. The van der Waals surface area contributed by atoms with Gasteiger partial charge in [-0.05, 0) is 30.6 Å². The average Bonchev–Trinajstić information content (AvgIpc) is 2.43. The minimum Gasteiger partial charge on any atom is -0.385 e. The molecule has 110 valence electrons. The fourth-order valence-electron chi connectivity index (χ4n) is 2.82. The van der Waals surface area contributed by atoms with Gasteiger partial charge < -0.3 is 10.1 Å². The predicted octanol–water partition coefficient (Wildman–Crippen LogP) is 3.30. The van der Waals surface area contributed by atoms with E-state index >= 15 is 0 Å². The Labute approximate surface area is 122 Å². The first-order valence-corrected chi connectivity index (χ1v) is 8.52. The number of nitrogens with one attached hydrogen (secondary N) is 1. The fourth-order valence-corrected chi connectivity index (χ4v) is 3.98. The van der Waals surface area contributed by atoms with Crippen LogP contribution >= 0.6 is 11.8 Å². The van der Waals surface area contributed by atoms with E-state index in [2.05, 4.69) is 19.2 Å². The van der Waals surface area contributed by atoms with Gasteiger partial charge in [0.1, 0.15) is 0 Å². The summed E-state index contributed by atoms with van der Waals surface area (Å²) < 4.78 is 5.17. The molecule has 1 N–H and O–H groups in total. The molecular weight excluding hydrogens is 256 g/mol. The number of hydrogen-bond donors (Lipinski definition) is 1. The zero-order chi connectivity index (χ0) is 13.7. The lowest BCUT2D eigenvalue weighted by atomic mass is 9.86. The average molecular weight is 284 g/mol. The summed E-state index contributed by atoms with van der Waals surface area (Å²) in [6.45, 7) is 6.26. The van der Waals surface area contributed by atoms with Gasteiger partial charge in [-0.25, -0.2) is 0 Å². The van der Waals surface area contributed by atoms with Crippen molar-refractivity contribution in [1.82, 2.24) is 5.32 Å². The molecule has 1 aliphatic carbocycles. The maximum Gasteiger partial charge on any atom is 0.156 e. The first-order valence-electron chi connectivity index (χ1n) is 7.53. The molecule has 2 fully saturated rings.